The largest absolute Gasteiger partial charge is 0.480 e. The number of aliphatic carboxylic acids is 1. The number of likely N-dealkylation sites (tertiary alicyclic amines) is 1. The Hall–Kier alpha value is -1.95. The van der Waals surface area contributed by atoms with E-state index in [1.54, 1.807) is 20.8 Å². The molecule has 19 heavy (non-hydrogen) atoms. The van der Waals surface area contributed by atoms with Gasteiger partial charge in [-0.1, -0.05) is 5.11 Å². The fraction of sp³-hybridized carbons (Fsp3) is 0.818. The van der Waals surface area contributed by atoms with Crippen LogP contribution < -0.4 is 0 Å². The summed E-state index contributed by atoms with van der Waals surface area (Å²) in [5.74, 6) is -1.14. The molecule has 0 unspecified atom stereocenters. The highest BCUT2D eigenvalue weighted by atomic mass is 16.6. The van der Waals surface area contributed by atoms with Crippen LogP contribution in [0.3, 0.4) is 0 Å². The molecule has 0 spiro atoms. The summed E-state index contributed by atoms with van der Waals surface area (Å²) in [5.41, 5.74) is 6.29. The van der Waals surface area contributed by atoms with E-state index in [0.717, 1.165) is 4.90 Å². The summed E-state index contributed by atoms with van der Waals surface area (Å²) in [5, 5.41) is 12.8. The van der Waals surface area contributed by atoms with Crippen molar-refractivity contribution in [3.8, 4) is 0 Å². The van der Waals surface area contributed by atoms with Gasteiger partial charge in [-0.2, -0.15) is 0 Å². The van der Waals surface area contributed by atoms with E-state index in [1.807, 2.05) is 0 Å². The van der Waals surface area contributed by atoms with E-state index < -0.39 is 29.2 Å². The van der Waals surface area contributed by atoms with Crippen LogP contribution in [0.4, 0.5) is 4.79 Å². The first-order valence-corrected chi connectivity index (χ1v) is 5.88. The van der Waals surface area contributed by atoms with Crippen LogP contribution in [0.1, 0.15) is 34.1 Å². The van der Waals surface area contributed by atoms with Crippen molar-refractivity contribution >= 4 is 12.1 Å². The SMILES string of the molecule is CC(C)(C)OC(=O)N1C[C@@H](N=[N+]=[N-])C[C@@]1(C)C(=O)O. The van der Waals surface area contributed by atoms with Crippen molar-refractivity contribution in [1.29, 1.82) is 0 Å². The Labute approximate surface area is 111 Å². The summed E-state index contributed by atoms with van der Waals surface area (Å²) in [4.78, 5) is 27.2. The van der Waals surface area contributed by atoms with Crippen LogP contribution in [0.2, 0.25) is 0 Å². The standard InChI is InChI=1S/C11H18N4O4/c1-10(2,3)19-9(18)15-6-7(13-14-12)5-11(15,4)8(16)17/h7H,5-6H2,1-4H3,(H,16,17)/t7-,11-/m0/s1. The second kappa shape index (κ2) is 4.97. The smallest absolute Gasteiger partial charge is 0.411 e. The summed E-state index contributed by atoms with van der Waals surface area (Å²) in [6.45, 7) is 6.56. The molecule has 1 aliphatic heterocycles. The number of amides is 1. The van der Waals surface area contributed by atoms with E-state index in [4.69, 9.17) is 10.3 Å². The average Bonchev–Trinajstić information content (AvgIpc) is 2.55. The fourth-order valence-electron chi connectivity index (χ4n) is 1.99. The Morgan fingerprint density at radius 3 is 2.53 bits per heavy atom. The molecule has 0 aromatic heterocycles. The maximum atomic E-state index is 12.0. The van der Waals surface area contributed by atoms with Crippen molar-refractivity contribution in [1.82, 2.24) is 4.90 Å². The van der Waals surface area contributed by atoms with Gasteiger partial charge in [0.2, 0.25) is 0 Å². The van der Waals surface area contributed by atoms with Crippen LogP contribution >= 0.6 is 0 Å². The number of rotatable bonds is 2. The minimum absolute atomic E-state index is 0.0434. The minimum atomic E-state index is -1.42. The van der Waals surface area contributed by atoms with E-state index in [9.17, 15) is 14.7 Å². The fourth-order valence-corrected chi connectivity index (χ4v) is 1.99. The van der Waals surface area contributed by atoms with Crippen LogP contribution in [-0.4, -0.2) is 45.8 Å². The molecule has 0 radical (unpaired) electrons. The average molecular weight is 270 g/mol. The number of carbonyl (C=O) groups is 2. The molecule has 0 bridgehead atoms. The van der Waals surface area contributed by atoms with E-state index in [2.05, 4.69) is 10.0 Å². The van der Waals surface area contributed by atoms with Crippen molar-refractivity contribution in [3.05, 3.63) is 10.4 Å². The van der Waals surface area contributed by atoms with Gasteiger partial charge in [0, 0.05) is 11.5 Å². The first kappa shape index (κ1) is 15.1. The molecule has 0 aromatic carbocycles. The number of hydrogen-bond donors (Lipinski definition) is 1. The lowest BCUT2D eigenvalue weighted by atomic mass is 9.98. The minimum Gasteiger partial charge on any atom is -0.480 e. The van der Waals surface area contributed by atoms with Gasteiger partial charge < -0.3 is 9.84 Å². The van der Waals surface area contributed by atoms with Crippen LogP contribution in [-0.2, 0) is 9.53 Å². The molecule has 1 fully saturated rings. The zero-order valence-electron chi connectivity index (χ0n) is 11.5. The van der Waals surface area contributed by atoms with Gasteiger partial charge in [0.15, 0.2) is 0 Å². The molecule has 1 N–H and O–H groups in total. The number of azide groups is 1. The highest BCUT2D eigenvalue weighted by molar-refractivity contribution is 5.85. The molecule has 1 saturated heterocycles. The Morgan fingerprint density at radius 1 is 1.53 bits per heavy atom. The maximum Gasteiger partial charge on any atom is 0.411 e. The van der Waals surface area contributed by atoms with E-state index in [1.165, 1.54) is 6.92 Å². The first-order valence-electron chi connectivity index (χ1n) is 5.88. The third kappa shape index (κ3) is 3.29. The van der Waals surface area contributed by atoms with Crippen molar-refractivity contribution in [2.75, 3.05) is 6.54 Å². The predicted octanol–water partition coefficient (Wildman–Crippen LogP) is 2.15. The summed E-state index contributed by atoms with van der Waals surface area (Å²) in [7, 11) is 0. The van der Waals surface area contributed by atoms with Gasteiger partial charge in [0.25, 0.3) is 0 Å². The number of hydrogen-bond acceptors (Lipinski definition) is 4. The topological polar surface area (TPSA) is 116 Å². The Kier molecular flexibility index (Phi) is 3.95. The summed E-state index contributed by atoms with van der Waals surface area (Å²) in [6, 6.07) is -0.557. The van der Waals surface area contributed by atoms with Gasteiger partial charge in [-0.25, -0.2) is 9.59 Å². The molecule has 1 aliphatic rings. The van der Waals surface area contributed by atoms with Crippen molar-refractivity contribution in [2.45, 2.75) is 51.3 Å². The third-order valence-corrected chi connectivity index (χ3v) is 2.91. The molecule has 2 atom stereocenters. The van der Waals surface area contributed by atoms with Crippen LogP contribution in [0.25, 0.3) is 10.4 Å². The van der Waals surface area contributed by atoms with Gasteiger partial charge in [-0.05, 0) is 39.6 Å². The van der Waals surface area contributed by atoms with E-state index in [-0.39, 0.29) is 13.0 Å². The molecule has 1 amide bonds. The number of ether oxygens (including phenoxy) is 1. The lowest BCUT2D eigenvalue weighted by Crippen LogP contribution is -2.52. The maximum absolute atomic E-state index is 12.0. The molecular weight excluding hydrogens is 252 g/mol. The number of carboxylic acid groups (broad SMARTS) is 1. The quantitative estimate of drug-likeness (QED) is 0.470. The zero-order valence-corrected chi connectivity index (χ0v) is 11.5. The molecule has 0 aliphatic carbocycles. The molecule has 1 rings (SSSR count). The molecule has 106 valence electrons. The summed E-state index contributed by atoms with van der Waals surface area (Å²) < 4.78 is 5.18. The van der Waals surface area contributed by atoms with Crippen molar-refractivity contribution in [2.24, 2.45) is 5.11 Å². The lowest BCUT2D eigenvalue weighted by molar-refractivity contribution is -0.148. The zero-order chi connectivity index (χ0) is 14.8. The normalized spacial score (nSPS) is 26.7. The monoisotopic (exact) mass is 270 g/mol. The Morgan fingerprint density at radius 2 is 2.11 bits per heavy atom. The molecular formula is C11H18N4O4. The van der Waals surface area contributed by atoms with Crippen LogP contribution in [0, 0.1) is 0 Å². The van der Waals surface area contributed by atoms with Gasteiger partial charge in [-0.3, -0.25) is 4.90 Å². The molecule has 0 saturated carbocycles. The van der Waals surface area contributed by atoms with E-state index in [0.29, 0.717) is 0 Å². The van der Waals surface area contributed by atoms with Gasteiger partial charge >= 0.3 is 12.1 Å². The summed E-state index contributed by atoms with van der Waals surface area (Å²) in [6.07, 6.45) is -0.640. The van der Waals surface area contributed by atoms with Crippen LogP contribution in [0.5, 0.6) is 0 Å². The third-order valence-electron chi connectivity index (χ3n) is 2.91. The molecule has 0 aromatic rings. The van der Waals surface area contributed by atoms with Gasteiger partial charge in [0.05, 0.1) is 6.04 Å². The van der Waals surface area contributed by atoms with Gasteiger partial charge in [-0.15, -0.1) is 0 Å². The second-order valence-electron chi connectivity index (χ2n) is 5.73. The van der Waals surface area contributed by atoms with Gasteiger partial charge in [0.1, 0.15) is 11.1 Å². The van der Waals surface area contributed by atoms with Crippen molar-refractivity contribution in [3.63, 3.8) is 0 Å². The van der Waals surface area contributed by atoms with Crippen molar-refractivity contribution < 1.29 is 19.4 Å². The Balaban J connectivity index is 2.99. The first-order chi connectivity index (χ1) is 8.60. The second-order valence-corrected chi connectivity index (χ2v) is 5.73. The predicted molar refractivity (Wildman–Crippen MR) is 66.5 cm³/mol. The lowest BCUT2D eigenvalue weighted by Gasteiger charge is -2.32. The highest BCUT2D eigenvalue weighted by Crippen LogP contribution is 2.32. The Bertz CT molecular complexity index is 438. The molecule has 8 heteroatoms. The molecule has 8 nitrogen and oxygen atoms in total. The number of carbonyl (C=O) groups excluding carboxylic acids is 1. The van der Waals surface area contributed by atoms with Crippen LogP contribution in [0.15, 0.2) is 5.11 Å². The number of carboxylic acids is 1. The summed E-state index contributed by atoms with van der Waals surface area (Å²) >= 11 is 0. The van der Waals surface area contributed by atoms with E-state index >= 15 is 0 Å². The molecule has 1 heterocycles. The number of nitrogens with zero attached hydrogens (tertiary/aromatic N) is 4. The highest BCUT2D eigenvalue weighted by Gasteiger charge is 2.51.